The molecule has 0 unspecified atom stereocenters. The number of fused-ring (bicyclic) bond motifs is 3. The van der Waals surface area contributed by atoms with Crippen molar-refractivity contribution in [1.82, 2.24) is 0 Å². The molecule has 36 heavy (non-hydrogen) atoms. The second-order valence-electron chi connectivity index (χ2n) is 10.9. The van der Waals surface area contributed by atoms with Crippen LogP contribution in [0.25, 0.3) is 0 Å². The van der Waals surface area contributed by atoms with Crippen LogP contribution in [-0.2, 0) is 27.7 Å². The molecule has 1 heterocycles. The monoisotopic (exact) mass is 483 g/mol. The first kappa shape index (κ1) is 23.6. The van der Waals surface area contributed by atoms with E-state index in [2.05, 4.69) is 59.5 Å². The molecule has 6 rings (SSSR count). The first-order chi connectivity index (χ1) is 17.6. The van der Waals surface area contributed by atoms with Crippen LogP contribution in [0.2, 0.25) is 0 Å². The van der Waals surface area contributed by atoms with Crippen LogP contribution in [0.4, 0.5) is 5.69 Å². The summed E-state index contributed by atoms with van der Waals surface area (Å²) in [6.07, 6.45) is 6.53. The molecule has 188 valence electrons. The van der Waals surface area contributed by atoms with Crippen LogP contribution in [0.3, 0.4) is 0 Å². The summed E-state index contributed by atoms with van der Waals surface area (Å²) in [5.74, 6) is 1.13. The summed E-state index contributed by atoms with van der Waals surface area (Å²) in [4.78, 5) is 2.50. The van der Waals surface area contributed by atoms with Gasteiger partial charge in [0.05, 0.1) is 0 Å². The van der Waals surface area contributed by atoms with Gasteiger partial charge in [-0.3, -0.25) is 0 Å². The average molecular weight is 484 g/mol. The molecule has 2 atom stereocenters. The quantitative estimate of drug-likeness (QED) is 0.440. The highest BCUT2D eigenvalue weighted by molar-refractivity contribution is 5.56. The number of piperidine rings is 1. The molecule has 0 saturated carbocycles. The van der Waals surface area contributed by atoms with E-state index in [0.29, 0.717) is 17.6 Å². The van der Waals surface area contributed by atoms with Crippen LogP contribution < -0.4 is 4.90 Å². The van der Waals surface area contributed by atoms with Crippen molar-refractivity contribution in [2.24, 2.45) is 5.92 Å². The Morgan fingerprint density at radius 3 is 2.28 bits per heavy atom. The Labute approximate surface area is 214 Å². The van der Waals surface area contributed by atoms with Crippen molar-refractivity contribution in [1.29, 1.82) is 0 Å². The molecule has 3 aromatic rings. The lowest BCUT2D eigenvalue weighted by molar-refractivity contribution is -0.141. The van der Waals surface area contributed by atoms with Gasteiger partial charge in [0.25, 0.3) is 0 Å². The van der Waals surface area contributed by atoms with Gasteiger partial charge in [0.2, 0.25) is 0 Å². The van der Waals surface area contributed by atoms with Crippen LogP contribution in [0.5, 0.6) is 5.75 Å². The molecule has 0 radical (unpaired) electrons. The molecular weight excluding hydrogens is 446 g/mol. The summed E-state index contributed by atoms with van der Waals surface area (Å²) in [7, 11) is 3.47. The second kappa shape index (κ2) is 9.57. The number of rotatable bonds is 5. The summed E-state index contributed by atoms with van der Waals surface area (Å²) < 4.78 is 11.0. The number of aromatic hydroxyl groups is 1. The van der Waals surface area contributed by atoms with Crippen molar-refractivity contribution >= 4 is 5.69 Å². The van der Waals surface area contributed by atoms with Gasteiger partial charge in [-0.15, -0.1) is 0 Å². The fourth-order valence-corrected chi connectivity index (χ4v) is 7.45. The number of phenols is 1. The Morgan fingerprint density at radius 2 is 1.56 bits per heavy atom. The zero-order valence-corrected chi connectivity index (χ0v) is 21.5. The van der Waals surface area contributed by atoms with Crippen LogP contribution >= 0.6 is 0 Å². The highest BCUT2D eigenvalue weighted by atomic mass is 16.7. The van der Waals surface area contributed by atoms with Crippen LogP contribution in [-0.4, -0.2) is 38.7 Å². The van der Waals surface area contributed by atoms with Gasteiger partial charge in [0.1, 0.15) is 5.75 Å². The number of hydrogen-bond donors (Lipinski definition) is 1. The lowest BCUT2D eigenvalue weighted by atomic mass is 9.59. The van der Waals surface area contributed by atoms with Gasteiger partial charge in [-0.05, 0) is 90.6 Å². The van der Waals surface area contributed by atoms with Crippen LogP contribution in [0.15, 0.2) is 66.7 Å². The zero-order chi connectivity index (χ0) is 24.7. The van der Waals surface area contributed by atoms with Crippen molar-refractivity contribution in [3.8, 4) is 5.75 Å². The van der Waals surface area contributed by atoms with Crippen molar-refractivity contribution in [2.45, 2.75) is 56.1 Å². The maximum absolute atomic E-state index is 10.2. The number of methoxy groups -OCH3 is 2. The van der Waals surface area contributed by atoms with Crippen molar-refractivity contribution in [3.05, 3.63) is 94.5 Å². The first-order valence-corrected chi connectivity index (χ1v) is 13.4. The fourth-order valence-electron chi connectivity index (χ4n) is 7.45. The molecule has 3 aromatic carbocycles. The van der Waals surface area contributed by atoms with Crippen LogP contribution in [0.1, 0.15) is 59.4 Å². The third-order valence-corrected chi connectivity index (χ3v) is 9.21. The number of ether oxygens (including phenoxy) is 2. The van der Waals surface area contributed by atoms with E-state index in [1.807, 2.05) is 12.1 Å². The van der Waals surface area contributed by atoms with Crippen molar-refractivity contribution in [3.63, 3.8) is 0 Å². The molecule has 1 spiro atoms. The van der Waals surface area contributed by atoms with Gasteiger partial charge in [0, 0.05) is 50.2 Å². The summed E-state index contributed by atoms with van der Waals surface area (Å²) in [5, 5.41) is 10.2. The average Bonchev–Trinajstić information content (AvgIpc) is 3.29. The minimum Gasteiger partial charge on any atom is -0.508 e. The molecular formula is C32H37NO3. The molecule has 3 aliphatic rings. The maximum atomic E-state index is 10.2. The molecule has 1 N–H and O–H groups in total. The van der Waals surface area contributed by atoms with E-state index in [-0.39, 0.29) is 11.7 Å². The topological polar surface area (TPSA) is 41.9 Å². The highest BCUT2D eigenvalue weighted by Crippen LogP contribution is 2.57. The zero-order valence-electron chi connectivity index (χ0n) is 21.5. The molecule has 0 amide bonds. The molecule has 2 aliphatic carbocycles. The number of anilines is 1. The highest BCUT2D eigenvalue weighted by Gasteiger charge is 2.48. The number of benzene rings is 3. The van der Waals surface area contributed by atoms with Crippen molar-refractivity contribution in [2.75, 3.05) is 32.2 Å². The van der Waals surface area contributed by atoms with E-state index in [0.717, 1.165) is 45.2 Å². The largest absolute Gasteiger partial charge is 0.508 e. The lowest BCUT2D eigenvalue weighted by Gasteiger charge is -2.44. The SMILES string of the molecule is COC(OC)C1CCN(c2ccc([C@@H]3c4ccc(O)cc4CC[C@@]34CCc3ccccc34)cc2)CC1. The predicted molar refractivity (Wildman–Crippen MR) is 144 cm³/mol. The van der Waals surface area contributed by atoms with E-state index in [9.17, 15) is 5.11 Å². The van der Waals surface area contributed by atoms with Gasteiger partial charge < -0.3 is 19.5 Å². The fraction of sp³-hybridized carbons (Fsp3) is 0.438. The summed E-state index contributed by atoms with van der Waals surface area (Å²) in [6, 6.07) is 24.5. The lowest BCUT2D eigenvalue weighted by Crippen LogP contribution is -2.39. The van der Waals surface area contributed by atoms with E-state index in [1.165, 1.54) is 39.9 Å². The molecule has 0 aromatic heterocycles. The summed E-state index contributed by atoms with van der Waals surface area (Å²) in [5.41, 5.74) is 8.53. The molecule has 0 bridgehead atoms. The minimum absolute atomic E-state index is 0.106. The third-order valence-electron chi connectivity index (χ3n) is 9.21. The predicted octanol–water partition coefficient (Wildman–Crippen LogP) is 6.19. The molecule has 4 heteroatoms. The smallest absolute Gasteiger partial charge is 0.159 e. The normalized spacial score (nSPS) is 23.8. The second-order valence-corrected chi connectivity index (χ2v) is 10.9. The Morgan fingerprint density at radius 1 is 0.861 bits per heavy atom. The number of nitrogens with zero attached hydrogens (tertiary/aromatic N) is 1. The Kier molecular flexibility index (Phi) is 6.27. The van der Waals surface area contributed by atoms with E-state index in [1.54, 1.807) is 14.2 Å². The number of aryl methyl sites for hydroxylation is 2. The number of phenolic OH excluding ortho intramolecular Hbond substituents is 1. The Hall–Kier alpha value is -2.82. The summed E-state index contributed by atoms with van der Waals surface area (Å²) in [6.45, 7) is 2.05. The van der Waals surface area contributed by atoms with Gasteiger partial charge in [0.15, 0.2) is 6.29 Å². The number of hydrogen-bond acceptors (Lipinski definition) is 4. The van der Waals surface area contributed by atoms with Gasteiger partial charge >= 0.3 is 0 Å². The Balaban J connectivity index is 1.32. The van der Waals surface area contributed by atoms with Gasteiger partial charge in [-0.1, -0.05) is 42.5 Å². The Bertz CT molecular complexity index is 1210. The summed E-state index contributed by atoms with van der Waals surface area (Å²) >= 11 is 0. The minimum atomic E-state index is -0.106. The van der Waals surface area contributed by atoms with E-state index in [4.69, 9.17) is 9.47 Å². The van der Waals surface area contributed by atoms with Crippen molar-refractivity contribution < 1.29 is 14.6 Å². The maximum Gasteiger partial charge on any atom is 0.159 e. The first-order valence-electron chi connectivity index (χ1n) is 13.4. The molecule has 1 saturated heterocycles. The van der Waals surface area contributed by atoms with Gasteiger partial charge in [-0.2, -0.15) is 0 Å². The van der Waals surface area contributed by atoms with Crippen LogP contribution in [0, 0.1) is 5.92 Å². The van der Waals surface area contributed by atoms with E-state index < -0.39 is 0 Å². The molecule has 1 fully saturated rings. The third kappa shape index (κ3) is 3.91. The van der Waals surface area contributed by atoms with E-state index >= 15 is 0 Å². The standard InChI is InChI=1S/C32H37NO3/c1-35-31(36-2)24-15-19-33(20-16-24)26-9-7-23(8-10-26)30-28-12-11-27(34)21-25(28)14-18-32(30)17-13-22-5-3-4-6-29(22)32/h3-12,21,24,30-31,34H,13-20H2,1-2H3/t30-,32-/m1/s1. The van der Waals surface area contributed by atoms with Gasteiger partial charge in [-0.25, -0.2) is 0 Å². The molecule has 4 nitrogen and oxygen atoms in total. The molecule has 1 aliphatic heterocycles.